The van der Waals surface area contributed by atoms with Crippen LogP contribution in [0.5, 0.6) is 0 Å². The Hall–Kier alpha value is -3.16. The van der Waals surface area contributed by atoms with E-state index in [1.165, 1.54) is 0 Å². The summed E-state index contributed by atoms with van der Waals surface area (Å²) >= 11 is 12.6. The first-order valence-electron chi connectivity index (χ1n) is 9.33. The van der Waals surface area contributed by atoms with Gasteiger partial charge in [0.1, 0.15) is 6.04 Å². The second-order valence-electron chi connectivity index (χ2n) is 6.98. The van der Waals surface area contributed by atoms with Crippen molar-refractivity contribution < 1.29 is 9.59 Å². The predicted molar refractivity (Wildman–Crippen MR) is 114 cm³/mol. The number of nitrogens with zero attached hydrogens (tertiary/aromatic N) is 4. The summed E-state index contributed by atoms with van der Waals surface area (Å²) in [5.74, 6) is -0.141. The van der Waals surface area contributed by atoms with Gasteiger partial charge in [0.25, 0.3) is 5.95 Å². The summed E-state index contributed by atoms with van der Waals surface area (Å²) in [5, 5.41) is 8.73. The monoisotopic (exact) mass is 439 g/mol. The van der Waals surface area contributed by atoms with Crippen LogP contribution in [0.25, 0.3) is 5.70 Å². The Bertz CT molecular complexity index is 1190. The highest BCUT2D eigenvalue weighted by atomic mass is 35.5. The molecule has 7 nitrogen and oxygen atoms in total. The SMILES string of the molecule is O=C1CCC(=O)N1c1nc2n(n1)[C@H](c1ccc(Cl)cc1Cl)C=C(c1ccccc1)N2. The highest BCUT2D eigenvalue weighted by molar-refractivity contribution is 6.35. The first-order valence-corrected chi connectivity index (χ1v) is 10.1. The number of imide groups is 1. The minimum Gasteiger partial charge on any atom is -0.324 e. The molecule has 150 valence electrons. The van der Waals surface area contributed by atoms with Gasteiger partial charge in [-0.2, -0.15) is 4.98 Å². The molecule has 9 heteroatoms. The molecule has 1 N–H and O–H groups in total. The third-order valence-corrected chi connectivity index (χ3v) is 5.63. The van der Waals surface area contributed by atoms with E-state index in [1.807, 2.05) is 42.5 Å². The average molecular weight is 440 g/mol. The molecule has 5 rings (SSSR count). The molecule has 3 heterocycles. The number of fused-ring (bicyclic) bond motifs is 1. The zero-order valence-electron chi connectivity index (χ0n) is 15.5. The number of halogens is 2. The van der Waals surface area contributed by atoms with Crippen LogP contribution in [-0.4, -0.2) is 26.6 Å². The second kappa shape index (κ2) is 7.27. The fourth-order valence-electron chi connectivity index (χ4n) is 3.63. The van der Waals surface area contributed by atoms with Crippen molar-refractivity contribution >= 4 is 52.6 Å². The minimum absolute atomic E-state index is 0.0581. The third-order valence-electron chi connectivity index (χ3n) is 5.07. The number of allylic oxidation sites excluding steroid dienone is 1. The number of anilines is 2. The van der Waals surface area contributed by atoms with Crippen LogP contribution in [0.4, 0.5) is 11.9 Å². The van der Waals surface area contributed by atoms with Gasteiger partial charge >= 0.3 is 0 Å². The Morgan fingerprint density at radius 1 is 1.00 bits per heavy atom. The fraction of sp³-hybridized carbons (Fsp3) is 0.143. The number of hydrogen-bond donors (Lipinski definition) is 1. The van der Waals surface area contributed by atoms with E-state index in [4.69, 9.17) is 23.2 Å². The molecule has 0 spiro atoms. The Kier molecular flexibility index (Phi) is 4.56. The largest absolute Gasteiger partial charge is 0.324 e. The van der Waals surface area contributed by atoms with Gasteiger partial charge < -0.3 is 5.32 Å². The maximum Gasteiger partial charge on any atom is 0.260 e. The Balaban J connectivity index is 1.64. The van der Waals surface area contributed by atoms with Gasteiger partial charge in [-0.05, 0) is 29.3 Å². The molecule has 2 amide bonds. The van der Waals surface area contributed by atoms with E-state index in [-0.39, 0.29) is 30.6 Å². The molecular weight excluding hydrogens is 425 g/mol. The summed E-state index contributed by atoms with van der Waals surface area (Å²) in [6.07, 6.45) is 2.30. The number of nitrogens with one attached hydrogen (secondary N) is 1. The van der Waals surface area contributed by atoms with E-state index in [2.05, 4.69) is 15.4 Å². The lowest BCUT2D eigenvalue weighted by atomic mass is 10.0. The van der Waals surface area contributed by atoms with Gasteiger partial charge in [-0.1, -0.05) is 59.6 Å². The second-order valence-corrected chi connectivity index (χ2v) is 7.83. The first-order chi connectivity index (χ1) is 14.5. The van der Waals surface area contributed by atoms with Crippen molar-refractivity contribution in [1.82, 2.24) is 14.8 Å². The Morgan fingerprint density at radius 3 is 2.43 bits per heavy atom. The van der Waals surface area contributed by atoms with Gasteiger partial charge in [0, 0.05) is 28.6 Å². The number of carbonyl (C=O) groups is 2. The molecule has 1 aromatic heterocycles. The lowest BCUT2D eigenvalue weighted by Crippen LogP contribution is -2.29. The van der Waals surface area contributed by atoms with Gasteiger partial charge in [0.15, 0.2) is 0 Å². The van der Waals surface area contributed by atoms with E-state index in [1.54, 1.807) is 16.8 Å². The Morgan fingerprint density at radius 2 is 1.73 bits per heavy atom. The molecule has 0 bridgehead atoms. The molecule has 0 saturated carbocycles. The molecule has 0 unspecified atom stereocenters. The molecule has 2 aliphatic heterocycles. The van der Waals surface area contributed by atoms with Crippen molar-refractivity contribution in [2.45, 2.75) is 18.9 Å². The topological polar surface area (TPSA) is 80.1 Å². The van der Waals surface area contributed by atoms with E-state index >= 15 is 0 Å². The number of rotatable bonds is 3. The molecule has 2 aromatic carbocycles. The summed E-state index contributed by atoms with van der Waals surface area (Å²) in [6.45, 7) is 0. The van der Waals surface area contributed by atoms with Crippen molar-refractivity contribution in [3.8, 4) is 0 Å². The van der Waals surface area contributed by atoms with E-state index in [0.29, 0.717) is 16.0 Å². The lowest BCUT2D eigenvalue weighted by Gasteiger charge is -2.25. The molecular formula is C21H15Cl2N5O2. The van der Waals surface area contributed by atoms with Crippen LogP contribution < -0.4 is 10.2 Å². The van der Waals surface area contributed by atoms with E-state index < -0.39 is 6.04 Å². The van der Waals surface area contributed by atoms with Crippen molar-refractivity contribution in [1.29, 1.82) is 0 Å². The summed E-state index contributed by atoms with van der Waals surface area (Å²) in [6, 6.07) is 14.6. The van der Waals surface area contributed by atoms with Crippen LogP contribution in [-0.2, 0) is 9.59 Å². The van der Waals surface area contributed by atoms with Crippen LogP contribution in [0.2, 0.25) is 10.0 Å². The molecule has 30 heavy (non-hydrogen) atoms. The van der Waals surface area contributed by atoms with Crippen molar-refractivity contribution in [3.63, 3.8) is 0 Å². The maximum absolute atomic E-state index is 12.2. The normalized spacial score (nSPS) is 18.3. The van der Waals surface area contributed by atoms with Crippen molar-refractivity contribution in [2.24, 2.45) is 0 Å². The maximum atomic E-state index is 12.2. The molecule has 3 aromatic rings. The molecule has 1 fully saturated rings. The van der Waals surface area contributed by atoms with Gasteiger partial charge in [-0.3, -0.25) is 9.59 Å². The smallest absolute Gasteiger partial charge is 0.260 e. The van der Waals surface area contributed by atoms with E-state index in [9.17, 15) is 9.59 Å². The van der Waals surface area contributed by atoms with Gasteiger partial charge in [0.2, 0.25) is 17.8 Å². The molecule has 0 aliphatic carbocycles. The van der Waals surface area contributed by atoms with Crippen molar-refractivity contribution in [2.75, 3.05) is 10.2 Å². The average Bonchev–Trinajstić information content (AvgIpc) is 3.30. The lowest BCUT2D eigenvalue weighted by molar-refractivity contribution is -0.121. The van der Waals surface area contributed by atoms with Crippen LogP contribution in [0.15, 0.2) is 54.6 Å². The zero-order chi connectivity index (χ0) is 20.8. The number of benzene rings is 2. The number of aromatic nitrogens is 3. The molecule has 1 atom stereocenters. The van der Waals surface area contributed by atoms with Crippen LogP contribution >= 0.6 is 23.2 Å². The summed E-state index contributed by atoms with van der Waals surface area (Å²) in [4.78, 5) is 29.8. The van der Waals surface area contributed by atoms with Gasteiger partial charge in [0.05, 0.1) is 0 Å². The van der Waals surface area contributed by atoms with Crippen molar-refractivity contribution in [3.05, 3.63) is 75.8 Å². The standard InChI is InChI=1S/C21H15Cl2N5O2/c22-13-6-7-14(15(23)10-13)17-11-16(12-4-2-1-3-5-12)24-20-25-21(26-28(17)20)27-18(29)8-9-19(27)30/h1-7,10-11,17H,8-9H2,(H,24,25,26)/t17-/m0/s1. The number of hydrogen-bond acceptors (Lipinski definition) is 5. The quantitative estimate of drug-likeness (QED) is 0.615. The van der Waals surface area contributed by atoms with E-state index in [0.717, 1.165) is 21.7 Å². The highest BCUT2D eigenvalue weighted by Crippen LogP contribution is 2.37. The molecule has 2 aliphatic rings. The molecule has 0 radical (unpaired) electrons. The summed E-state index contributed by atoms with van der Waals surface area (Å²) in [7, 11) is 0. The zero-order valence-corrected chi connectivity index (χ0v) is 17.1. The molecule has 1 saturated heterocycles. The van der Waals surface area contributed by atoms with Crippen LogP contribution in [0, 0.1) is 0 Å². The first kappa shape index (κ1) is 18.8. The predicted octanol–water partition coefficient (Wildman–Crippen LogP) is 4.29. The third kappa shape index (κ3) is 3.16. The summed E-state index contributed by atoms with van der Waals surface area (Å²) in [5.41, 5.74) is 2.54. The van der Waals surface area contributed by atoms with Crippen LogP contribution in [0.3, 0.4) is 0 Å². The van der Waals surface area contributed by atoms with Crippen LogP contribution in [0.1, 0.15) is 30.0 Å². The fourth-order valence-corrected chi connectivity index (χ4v) is 4.15. The number of carbonyl (C=O) groups excluding carboxylic acids is 2. The van der Waals surface area contributed by atoms with Gasteiger partial charge in [-0.15, -0.1) is 5.10 Å². The Labute approximate surface area is 181 Å². The minimum atomic E-state index is -0.407. The summed E-state index contributed by atoms with van der Waals surface area (Å²) < 4.78 is 1.62. The van der Waals surface area contributed by atoms with Gasteiger partial charge in [-0.25, -0.2) is 9.58 Å². The number of amides is 2. The highest BCUT2D eigenvalue weighted by Gasteiger charge is 2.36.